The summed E-state index contributed by atoms with van der Waals surface area (Å²) in [5, 5.41) is 10.1. The normalized spacial score (nSPS) is 10.7. The maximum absolute atomic E-state index is 12.6. The molecule has 0 fully saturated rings. The third-order valence-electron chi connectivity index (χ3n) is 4.95. The standard InChI is InChI=1S/C25H22N2O5/c1-16-21(27-25(32-16)17-6-4-3-5-7-17)12-13-31-23-11-8-18(15-26-23)24(29)20-10-9-19(30-2)14-22(20)28/h3-11,14-15,28H,12-13H2,1-2H3. The van der Waals surface area contributed by atoms with E-state index < -0.39 is 0 Å². The Kier molecular flexibility index (Phi) is 6.17. The maximum atomic E-state index is 12.6. The second-order valence-electron chi connectivity index (χ2n) is 7.08. The predicted molar refractivity (Wildman–Crippen MR) is 118 cm³/mol. The van der Waals surface area contributed by atoms with E-state index in [-0.39, 0.29) is 17.1 Å². The maximum Gasteiger partial charge on any atom is 0.226 e. The van der Waals surface area contributed by atoms with Gasteiger partial charge in [-0.3, -0.25) is 4.79 Å². The number of nitrogens with zero attached hydrogens (tertiary/aromatic N) is 2. The van der Waals surface area contributed by atoms with Crippen LogP contribution in [-0.4, -0.2) is 34.6 Å². The molecule has 7 nitrogen and oxygen atoms in total. The largest absolute Gasteiger partial charge is 0.507 e. The molecule has 0 aliphatic rings. The van der Waals surface area contributed by atoms with E-state index in [9.17, 15) is 9.90 Å². The lowest BCUT2D eigenvalue weighted by molar-refractivity contribution is 0.103. The second kappa shape index (κ2) is 9.34. The summed E-state index contributed by atoms with van der Waals surface area (Å²) in [5.74, 6) is 1.72. The second-order valence-corrected chi connectivity index (χ2v) is 7.08. The summed E-state index contributed by atoms with van der Waals surface area (Å²) in [6, 6.07) is 17.5. The number of methoxy groups -OCH3 is 1. The van der Waals surface area contributed by atoms with E-state index in [0.29, 0.717) is 36.1 Å². The molecule has 0 spiro atoms. The number of phenolic OH excluding ortho intramolecular Hbond substituents is 1. The number of aromatic nitrogens is 2. The van der Waals surface area contributed by atoms with E-state index in [1.807, 2.05) is 37.3 Å². The van der Waals surface area contributed by atoms with Crippen LogP contribution in [0.1, 0.15) is 27.4 Å². The van der Waals surface area contributed by atoms with Gasteiger partial charge >= 0.3 is 0 Å². The molecule has 4 rings (SSSR count). The SMILES string of the molecule is COc1ccc(C(=O)c2ccc(OCCc3nc(-c4ccccc4)oc3C)nc2)c(O)c1. The van der Waals surface area contributed by atoms with Crippen LogP contribution >= 0.6 is 0 Å². The Bertz CT molecular complexity index is 1220. The van der Waals surface area contributed by atoms with Gasteiger partial charge in [-0.1, -0.05) is 18.2 Å². The molecule has 0 unspecified atom stereocenters. The molecule has 0 amide bonds. The van der Waals surface area contributed by atoms with Crippen LogP contribution in [0.2, 0.25) is 0 Å². The summed E-state index contributed by atoms with van der Waals surface area (Å²) in [6.07, 6.45) is 1.99. The molecule has 0 saturated carbocycles. The average Bonchev–Trinajstić information content (AvgIpc) is 3.20. The van der Waals surface area contributed by atoms with Crippen LogP contribution in [0.5, 0.6) is 17.4 Å². The molecule has 0 bridgehead atoms. The van der Waals surface area contributed by atoms with Crippen molar-refractivity contribution < 1.29 is 23.8 Å². The Morgan fingerprint density at radius 1 is 1.09 bits per heavy atom. The number of carbonyl (C=O) groups excluding carboxylic acids is 1. The minimum Gasteiger partial charge on any atom is -0.507 e. The molecular formula is C25H22N2O5. The van der Waals surface area contributed by atoms with E-state index in [1.54, 1.807) is 18.2 Å². The highest BCUT2D eigenvalue weighted by Gasteiger charge is 2.15. The molecule has 32 heavy (non-hydrogen) atoms. The zero-order chi connectivity index (χ0) is 22.5. The number of rotatable bonds is 8. The zero-order valence-electron chi connectivity index (χ0n) is 17.7. The van der Waals surface area contributed by atoms with Crippen LogP contribution in [0.4, 0.5) is 0 Å². The minimum atomic E-state index is -0.337. The van der Waals surface area contributed by atoms with Crippen LogP contribution in [0, 0.1) is 6.92 Å². The van der Waals surface area contributed by atoms with Crippen LogP contribution in [0.15, 0.2) is 71.3 Å². The third kappa shape index (κ3) is 4.62. The Balaban J connectivity index is 1.37. The molecule has 2 aromatic heterocycles. The first kappa shape index (κ1) is 21.1. The number of hydrogen-bond donors (Lipinski definition) is 1. The smallest absolute Gasteiger partial charge is 0.226 e. The number of oxazole rings is 1. The number of phenols is 1. The fourth-order valence-electron chi connectivity index (χ4n) is 3.20. The summed E-state index contributed by atoms with van der Waals surface area (Å²) in [6.45, 7) is 2.24. The molecule has 0 radical (unpaired) electrons. The quantitative estimate of drug-likeness (QED) is 0.408. The monoisotopic (exact) mass is 430 g/mol. The van der Waals surface area contributed by atoms with Crippen LogP contribution in [0.25, 0.3) is 11.5 Å². The summed E-state index contributed by atoms with van der Waals surface area (Å²) in [7, 11) is 1.49. The lowest BCUT2D eigenvalue weighted by Crippen LogP contribution is -2.06. The Labute approximate surface area is 185 Å². The van der Waals surface area contributed by atoms with Gasteiger partial charge in [0.25, 0.3) is 0 Å². The van der Waals surface area contributed by atoms with Crippen molar-refractivity contribution in [2.45, 2.75) is 13.3 Å². The first-order valence-electron chi connectivity index (χ1n) is 10.1. The number of aromatic hydroxyl groups is 1. The van der Waals surface area contributed by atoms with Gasteiger partial charge in [-0.05, 0) is 37.3 Å². The van der Waals surface area contributed by atoms with Gasteiger partial charge in [0, 0.05) is 35.9 Å². The van der Waals surface area contributed by atoms with Crippen molar-refractivity contribution in [3.8, 4) is 28.8 Å². The average molecular weight is 430 g/mol. The molecule has 0 aliphatic carbocycles. The van der Waals surface area contributed by atoms with E-state index in [4.69, 9.17) is 13.9 Å². The number of hydrogen-bond acceptors (Lipinski definition) is 7. The van der Waals surface area contributed by atoms with Gasteiger partial charge in [-0.25, -0.2) is 9.97 Å². The van der Waals surface area contributed by atoms with Crippen molar-refractivity contribution in [3.63, 3.8) is 0 Å². The van der Waals surface area contributed by atoms with Crippen molar-refractivity contribution in [2.75, 3.05) is 13.7 Å². The molecule has 2 aromatic carbocycles. The molecule has 7 heteroatoms. The fourth-order valence-corrected chi connectivity index (χ4v) is 3.20. The summed E-state index contributed by atoms with van der Waals surface area (Å²) >= 11 is 0. The molecule has 1 N–H and O–H groups in total. The summed E-state index contributed by atoms with van der Waals surface area (Å²) in [4.78, 5) is 21.4. The molecule has 0 atom stereocenters. The lowest BCUT2D eigenvalue weighted by Gasteiger charge is -2.07. The molecule has 162 valence electrons. The van der Waals surface area contributed by atoms with E-state index in [0.717, 1.165) is 17.0 Å². The topological polar surface area (TPSA) is 94.7 Å². The molecule has 4 aromatic rings. The first-order chi connectivity index (χ1) is 15.5. The first-order valence-corrected chi connectivity index (χ1v) is 10.1. The fraction of sp³-hybridized carbons (Fsp3) is 0.160. The molecular weight excluding hydrogens is 408 g/mol. The predicted octanol–water partition coefficient (Wildman–Crippen LogP) is 4.61. The van der Waals surface area contributed by atoms with Gasteiger partial charge in [-0.15, -0.1) is 0 Å². The van der Waals surface area contributed by atoms with Crippen molar-refractivity contribution in [1.29, 1.82) is 0 Å². The van der Waals surface area contributed by atoms with Gasteiger partial charge in [0.15, 0.2) is 5.78 Å². The Morgan fingerprint density at radius 2 is 1.91 bits per heavy atom. The number of carbonyl (C=O) groups is 1. The Hall–Kier alpha value is -4.13. The number of ketones is 1. The van der Waals surface area contributed by atoms with E-state index >= 15 is 0 Å². The van der Waals surface area contributed by atoms with Crippen molar-refractivity contribution in [1.82, 2.24) is 9.97 Å². The Morgan fingerprint density at radius 3 is 2.59 bits per heavy atom. The highest BCUT2D eigenvalue weighted by molar-refractivity contribution is 6.10. The van der Waals surface area contributed by atoms with E-state index in [1.165, 1.54) is 25.4 Å². The zero-order valence-corrected chi connectivity index (χ0v) is 17.7. The number of benzene rings is 2. The summed E-state index contributed by atoms with van der Waals surface area (Å²) < 4.78 is 16.5. The van der Waals surface area contributed by atoms with Crippen LogP contribution in [0.3, 0.4) is 0 Å². The van der Waals surface area contributed by atoms with Gasteiger partial charge in [0.1, 0.15) is 17.3 Å². The number of aryl methyl sites for hydroxylation is 1. The van der Waals surface area contributed by atoms with Gasteiger partial charge < -0.3 is 19.0 Å². The highest BCUT2D eigenvalue weighted by Crippen LogP contribution is 2.26. The van der Waals surface area contributed by atoms with Crippen LogP contribution < -0.4 is 9.47 Å². The number of ether oxygens (including phenoxy) is 2. The van der Waals surface area contributed by atoms with Gasteiger partial charge in [0.05, 0.1) is 25.0 Å². The summed E-state index contributed by atoms with van der Waals surface area (Å²) in [5.41, 5.74) is 2.27. The molecule has 0 aliphatic heterocycles. The third-order valence-corrected chi connectivity index (χ3v) is 4.95. The van der Waals surface area contributed by atoms with Gasteiger partial charge in [-0.2, -0.15) is 0 Å². The molecule has 2 heterocycles. The van der Waals surface area contributed by atoms with Gasteiger partial charge in [0.2, 0.25) is 11.8 Å². The molecule has 0 saturated heterocycles. The highest BCUT2D eigenvalue weighted by atomic mass is 16.5. The van der Waals surface area contributed by atoms with E-state index in [2.05, 4.69) is 9.97 Å². The van der Waals surface area contributed by atoms with Crippen molar-refractivity contribution in [3.05, 3.63) is 89.4 Å². The minimum absolute atomic E-state index is 0.146. The lowest BCUT2D eigenvalue weighted by atomic mass is 10.0. The van der Waals surface area contributed by atoms with Crippen molar-refractivity contribution >= 4 is 5.78 Å². The van der Waals surface area contributed by atoms with Crippen molar-refractivity contribution in [2.24, 2.45) is 0 Å². The van der Waals surface area contributed by atoms with Crippen LogP contribution in [-0.2, 0) is 6.42 Å². The number of pyridine rings is 1.